The van der Waals surface area contributed by atoms with Crippen molar-refractivity contribution in [1.82, 2.24) is 20.9 Å². The first-order valence-electron chi connectivity index (χ1n) is 8.55. The molecule has 1 aromatic rings. The summed E-state index contributed by atoms with van der Waals surface area (Å²) in [6.45, 7) is 5.08. The van der Waals surface area contributed by atoms with E-state index in [1.54, 1.807) is 12.1 Å². The molecule has 0 spiro atoms. The molecule has 25 heavy (non-hydrogen) atoms. The highest BCUT2D eigenvalue weighted by molar-refractivity contribution is 6.42. The van der Waals surface area contributed by atoms with Crippen molar-refractivity contribution in [2.45, 2.75) is 12.5 Å². The minimum absolute atomic E-state index is 0.0396. The van der Waals surface area contributed by atoms with Crippen molar-refractivity contribution in [2.75, 3.05) is 39.3 Å². The topological polar surface area (TPSA) is 56.4 Å². The fourth-order valence-electron chi connectivity index (χ4n) is 2.85. The third-order valence-corrected chi connectivity index (χ3v) is 5.19. The van der Waals surface area contributed by atoms with Gasteiger partial charge in [0.05, 0.1) is 16.1 Å². The quantitative estimate of drug-likeness (QED) is 0.702. The van der Waals surface area contributed by atoms with Gasteiger partial charge < -0.3 is 20.9 Å². The Balaban J connectivity index is 1.67. The zero-order chi connectivity index (χ0) is 17.6. The van der Waals surface area contributed by atoms with E-state index in [0.29, 0.717) is 16.0 Å². The molecule has 2 aliphatic rings. The number of nitrogens with zero attached hydrogens (tertiary/aromatic N) is 1. The van der Waals surface area contributed by atoms with E-state index in [4.69, 9.17) is 23.2 Å². The van der Waals surface area contributed by atoms with Crippen molar-refractivity contribution in [3.63, 3.8) is 0 Å². The van der Waals surface area contributed by atoms with Crippen LogP contribution in [0.3, 0.4) is 0 Å². The predicted molar refractivity (Wildman–Crippen MR) is 101 cm³/mol. The number of urea groups is 1. The molecule has 1 atom stereocenters. The van der Waals surface area contributed by atoms with Crippen molar-refractivity contribution in [1.29, 1.82) is 0 Å². The largest absolute Gasteiger partial charge is 0.324 e. The minimum Gasteiger partial charge on any atom is -0.324 e. The SMILES string of the molecule is O=C(NC(C#Cc1ccc(Cl)c(Cl)c1)CC1CNC1)N1CCNCC1. The monoisotopic (exact) mass is 380 g/mol. The zero-order valence-electron chi connectivity index (χ0n) is 13.9. The van der Waals surface area contributed by atoms with E-state index in [1.165, 1.54) is 0 Å². The van der Waals surface area contributed by atoms with Crippen molar-refractivity contribution >= 4 is 29.2 Å². The Hall–Kier alpha value is -1.45. The van der Waals surface area contributed by atoms with Crippen LogP contribution in [0.25, 0.3) is 0 Å². The average Bonchev–Trinajstić information content (AvgIpc) is 2.59. The van der Waals surface area contributed by atoms with Gasteiger partial charge in [-0.2, -0.15) is 0 Å². The van der Waals surface area contributed by atoms with E-state index < -0.39 is 0 Å². The Kier molecular flexibility index (Phi) is 6.44. The van der Waals surface area contributed by atoms with Gasteiger partial charge in [0.1, 0.15) is 0 Å². The summed E-state index contributed by atoms with van der Waals surface area (Å²) in [5.74, 6) is 6.87. The average molecular weight is 381 g/mol. The van der Waals surface area contributed by atoms with Crippen molar-refractivity contribution in [2.24, 2.45) is 5.92 Å². The molecule has 1 unspecified atom stereocenters. The Morgan fingerprint density at radius 1 is 1.24 bits per heavy atom. The van der Waals surface area contributed by atoms with E-state index in [0.717, 1.165) is 51.3 Å². The fraction of sp³-hybridized carbons (Fsp3) is 0.500. The van der Waals surface area contributed by atoms with Gasteiger partial charge in [-0.1, -0.05) is 35.0 Å². The number of hydrogen-bond donors (Lipinski definition) is 3. The normalized spacial score (nSPS) is 18.7. The van der Waals surface area contributed by atoms with E-state index >= 15 is 0 Å². The smallest absolute Gasteiger partial charge is 0.318 e. The van der Waals surface area contributed by atoms with Crippen LogP contribution in [-0.4, -0.2) is 56.2 Å². The molecule has 3 rings (SSSR count). The Bertz CT molecular complexity index is 675. The first-order chi connectivity index (χ1) is 12.1. The highest BCUT2D eigenvalue weighted by Crippen LogP contribution is 2.22. The first-order valence-corrected chi connectivity index (χ1v) is 9.31. The van der Waals surface area contributed by atoms with Gasteiger partial charge in [-0.25, -0.2) is 4.79 Å². The maximum absolute atomic E-state index is 12.5. The lowest BCUT2D eigenvalue weighted by Gasteiger charge is -2.32. The summed E-state index contributed by atoms with van der Waals surface area (Å²) in [5, 5.41) is 10.6. The lowest BCUT2D eigenvalue weighted by atomic mass is 9.94. The summed E-state index contributed by atoms with van der Waals surface area (Å²) >= 11 is 12.0. The van der Waals surface area contributed by atoms with E-state index in [1.807, 2.05) is 11.0 Å². The standard InChI is InChI=1S/C18H22Cl2N4O/c19-16-4-2-13(10-17(16)20)1-3-15(9-14-11-22-12-14)23-18(25)24-7-5-21-6-8-24/h2,4,10,14-15,21-22H,5-9,11-12H2,(H,23,25). The second kappa shape index (κ2) is 8.77. The van der Waals surface area contributed by atoms with Crippen LogP contribution in [0.1, 0.15) is 12.0 Å². The Morgan fingerprint density at radius 3 is 2.64 bits per heavy atom. The number of benzene rings is 1. The molecular formula is C18H22Cl2N4O. The first kappa shape index (κ1) is 18.3. The number of halogens is 2. The van der Waals surface area contributed by atoms with Crippen LogP contribution in [-0.2, 0) is 0 Å². The van der Waals surface area contributed by atoms with Crippen LogP contribution >= 0.6 is 23.2 Å². The molecule has 2 saturated heterocycles. The van der Waals surface area contributed by atoms with Crippen molar-refractivity contribution in [3.05, 3.63) is 33.8 Å². The van der Waals surface area contributed by atoms with Crippen LogP contribution in [0.2, 0.25) is 10.0 Å². The number of amides is 2. The number of hydrogen-bond acceptors (Lipinski definition) is 3. The molecule has 0 aromatic heterocycles. The summed E-state index contributed by atoms with van der Waals surface area (Å²) in [6, 6.07) is 5.10. The second-order valence-corrected chi connectivity index (χ2v) is 7.21. The molecule has 1 aromatic carbocycles. The van der Waals surface area contributed by atoms with E-state index in [9.17, 15) is 4.79 Å². The lowest BCUT2D eigenvalue weighted by molar-refractivity contribution is 0.185. The zero-order valence-corrected chi connectivity index (χ0v) is 15.5. The van der Waals surface area contributed by atoms with Crippen LogP contribution in [0, 0.1) is 17.8 Å². The molecule has 2 aliphatic heterocycles. The van der Waals surface area contributed by atoms with Gasteiger partial charge in [-0.3, -0.25) is 0 Å². The Morgan fingerprint density at radius 2 is 2.00 bits per heavy atom. The highest BCUT2D eigenvalue weighted by Gasteiger charge is 2.24. The lowest BCUT2D eigenvalue weighted by Crippen LogP contribution is -2.53. The minimum atomic E-state index is -0.177. The summed E-state index contributed by atoms with van der Waals surface area (Å²) in [5.41, 5.74) is 0.794. The molecule has 3 N–H and O–H groups in total. The predicted octanol–water partition coefficient (Wildman–Crippen LogP) is 1.94. The number of piperazine rings is 1. The van der Waals surface area contributed by atoms with Gasteiger partial charge in [-0.15, -0.1) is 0 Å². The van der Waals surface area contributed by atoms with Crippen molar-refractivity contribution in [3.8, 4) is 11.8 Å². The number of rotatable bonds is 3. The molecule has 2 fully saturated rings. The fourth-order valence-corrected chi connectivity index (χ4v) is 3.15. The molecule has 134 valence electrons. The van der Waals surface area contributed by atoms with Crippen LogP contribution in [0.5, 0.6) is 0 Å². The Labute approximate surface area is 158 Å². The van der Waals surface area contributed by atoms with Gasteiger partial charge in [0, 0.05) is 31.7 Å². The van der Waals surface area contributed by atoms with Crippen LogP contribution in [0.4, 0.5) is 4.79 Å². The van der Waals surface area contributed by atoms with Gasteiger partial charge in [-0.05, 0) is 43.6 Å². The summed E-state index contributed by atoms with van der Waals surface area (Å²) < 4.78 is 0. The second-order valence-electron chi connectivity index (χ2n) is 6.40. The van der Waals surface area contributed by atoms with Crippen LogP contribution < -0.4 is 16.0 Å². The third-order valence-electron chi connectivity index (χ3n) is 4.45. The van der Waals surface area contributed by atoms with Gasteiger partial charge >= 0.3 is 6.03 Å². The molecule has 0 aliphatic carbocycles. The highest BCUT2D eigenvalue weighted by atomic mass is 35.5. The number of carbonyl (C=O) groups excluding carboxylic acids is 1. The maximum atomic E-state index is 12.5. The summed E-state index contributed by atoms with van der Waals surface area (Å²) in [6.07, 6.45) is 0.846. The van der Waals surface area contributed by atoms with E-state index in [-0.39, 0.29) is 12.1 Å². The van der Waals surface area contributed by atoms with Crippen molar-refractivity contribution < 1.29 is 4.79 Å². The molecule has 0 saturated carbocycles. The van der Waals surface area contributed by atoms with Crippen LogP contribution in [0.15, 0.2) is 18.2 Å². The summed E-state index contributed by atoms with van der Waals surface area (Å²) in [7, 11) is 0. The van der Waals surface area contributed by atoms with E-state index in [2.05, 4.69) is 27.8 Å². The van der Waals surface area contributed by atoms with Gasteiger partial charge in [0.2, 0.25) is 0 Å². The molecule has 0 radical (unpaired) electrons. The van der Waals surface area contributed by atoms with Gasteiger partial charge in [0.15, 0.2) is 0 Å². The molecule has 0 bridgehead atoms. The maximum Gasteiger partial charge on any atom is 0.318 e. The van der Waals surface area contributed by atoms with Gasteiger partial charge in [0.25, 0.3) is 0 Å². The molecule has 5 nitrogen and oxygen atoms in total. The molecule has 2 heterocycles. The molecular weight excluding hydrogens is 359 g/mol. The molecule has 2 amide bonds. The third kappa shape index (κ3) is 5.26. The number of carbonyl (C=O) groups is 1. The summed E-state index contributed by atoms with van der Waals surface area (Å²) in [4.78, 5) is 14.3. The molecule has 7 heteroatoms. The number of nitrogens with one attached hydrogen (secondary N) is 3.